The molecule has 0 N–H and O–H groups in total. The van der Waals surface area contributed by atoms with Gasteiger partial charge in [0.2, 0.25) is 0 Å². The van der Waals surface area contributed by atoms with Gasteiger partial charge in [-0.1, -0.05) is 39.9 Å². The number of esters is 1. The van der Waals surface area contributed by atoms with E-state index in [0.717, 1.165) is 17.3 Å². The summed E-state index contributed by atoms with van der Waals surface area (Å²) < 4.78 is 4.50. The van der Waals surface area contributed by atoms with Crippen LogP contribution in [-0.2, 0) is 9.53 Å². The molecule has 0 atom stereocenters. The van der Waals surface area contributed by atoms with Crippen LogP contribution >= 0.6 is 15.9 Å². The second-order valence-corrected chi connectivity index (χ2v) is 4.61. The molecule has 0 unspecified atom stereocenters. The van der Waals surface area contributed by atoms with E-state index in [1.165, 1.54) is 7.11 Å². The Bertz CT molecular complexity index is 494. The number of alkyl halides is 1. The first kappa shape index (κ1) is 15.5. The van der Waals surface area contributed by atoms with Gasteiger partial charge < -0.3 is 4.74 Å². The first-order valence-electron chi connectivity index (χ1n) is 5.92. The van der Waals surface area contributed by atoms with Gasteiger partial charge >= 0.3 is 5.97 Å². The molecule has 0 radical (unpaired) electrons. The van der Waals surface area contributed by atoms with E-state index < -0.39 is 0 Å². The molecule has 0 amide bonds. The van der Waals surface area contributed by atoms with Gasteiger partial charge in [-0.25, -0.2) is 0 Å². The highest BCUT2D eigenvalue weighted by molar-refractivity contribution is 9.09. The smallest absolute Gasteiger partial charge is 0.305 e. The van der Waals surface area contributed by atoms with Crippen LogP contribution in [-0.4, -0.2) is 24.2 Å². The van der Waals surface area contributed by atoms with Gasteiger partial charge in [0, 0.05) is 29.3 Å². The highest BCUT2D eigenvalue weighted by Crippen LogP contribution is 2.08. The molecule has 0 fully saturated rings. The molecular formula is C15H15BrO3. The third kappa shape index (κ3) is 5.71. The minimum atomic E-state index is -0.370. The van der Waals surface area contributed by atoms with Crippen LogP contribution in [0.3, 0.4) is 0 Å². The van der Waals surface area contributed by atoms with E-state index in [2.05, 4.69) is 32.5 Å². The van der Waals surface area contributed by atoms with Crippen molar-refractivity contribution in [2.24, 2.45) is 0 Å². The first-order valence-corrected chi connectivity index (χ1v) is 7.04. The molecule has 0 aromatic heterocycles. The second-order valence-electron chi connectivity index (χ2n) is 3.82. The van der Waals surface area contributed by atoms with Crippen LogP contribution in [0.5, 0.6) is 0 Å². The van der Waals surface area contributed by atoms with Crippen LogP contribution in [0.4, 0.5) is 0 Å². The molecule has 4 heteroatoms. The van der Waals surface area contributed by atoms with Crippen molar-refractivity contribution in [1.82, 2.24) is 0 Å². The second kappa shape index (κ2) is 8.49. The molecule has 0 aliphatic heterocycles. The van der Waals surface area contributed by atoms with E-state index in [1.807, 2.05) is 12.1 Å². The van der Waals surface area contributed by atoms with Gasteiger partial charge in [-0.15, -0.1) is 0 Å². The molecule has 0 aliphatic carbocycles. The molecule has 1 aromatic rings. The average molecular weight is 323 g/mol. The average Bonchev–Trinajstić information content (AvgIpc) is 2.45. The topological polar surface area (TPSA) is 43.4 Å². The summed E-state index contributed by atoms with van der Waals surface area (Å²) in [6.07, 6.45) is 1.07. The fraction of sp³-hybridized carbons (Fsp3) is 0.333. The Morgan fingerprint density at radius 1 is 1.21 bits per heavy atom. The van der Waals surface area contributed by atoms with Crippen molar-refractivity contribution in [3.05, 3.63) is 35.4 Å². The maximum Gasteiger partial charge on any atom is 0.305 e. The normalized spacial score (nSPS) is 9.37. The number of ether oxygens (including phenoxy) is 1. The van der Waals surface area contributed by atoms with E-state index in [9.17, 15) is 9.59 Å². The van der Waals surface area contributed by atoms with E-state index >= 15 is 0 Å². The summed E-state index contributed by atoms with van der Waals surface area (Å²) in [5.74, 6) is 5.58. The summed E-state index contributed by atoms with van der Waals surface area (Å²) in [7, 11) is 1.31. The molecule has 0 aliphatic rings. The molecule has 0 spiro atoms. The minimum absolute atomic E-state index is 0.0645. The Morgan fingerprint density at radius 2 is 1.89 bits per heavy atom. The van der Waals surface area contributed by atoms with E-state index in [0.29, 0.717) is 5.56 Å². The number of hydrogen-bond donors (Lipinski definition) is 0. The van der Waals surface area contributed by atoms with E-state index in [-0.39, 0.29) is 24.6 Å². The molecule has 0 bridgehead atoms. The summed E-state index contributed by atoms with van der Waals surface area (Å²) in [4.78, 5) is 22.7. The quantitative estimate of drug-likeness (QED) is 0.362. The lowest BCUT2D eigenvalue weighted by Crippen LogP contribution is -2.05. The standard InChI is InChI=1S/C15H15BrO3/c1-19-15(18)10-9-14(17)13-7-5-12(6-8-13)4-2-3-11-16/h5-8H,3,9-11H2,1H3. The van der Waals surface area contributed by atoms with Crippen LogP contribution in [0.2, 0.25) is 0 Å². The molecule has 3 nitrogen and oxygen atoms in total. The highest BCUT2D eigenvalue weighted by Gasteiger charge is 2.08. The summed E-state index contributed by atoms with van der Waals surface area (Å²) in [6.45, 7) is 0. The molecule has 1 aromatic carbocycles. The summed E-state index contributed by atoms with van der Waals surface area (Å²) in [5, 5.41) is 0.851. The van der Waals surface area contributed by atoms with Crippen LogP contribution in [0, 0.1) is 11.8 Å². The van der Waals surface area contributed by atoms with Crippen molar-refractivity contribution in [2.45, 2.75) is 19.3 Å². The highest BCUT2D eigenvalue weighted by atomic mass is 79.9. The Balaban J connectivity index is 2.59. The third-order valence-electron chi connectivity index (χ3n) is 2.44. The SMILES string of the molecule is COC(=O)CCC(=O)c1ccc(C#CCCBr)cc1. The fourth-order valence-electron chi connectivity index (χ4n) is 1.41. The predicted molar refractivity (Wildman–Crippen MR) is 77.3 cm³/mol. The monoisotopic (exact) mass is 322 g/mol. The number of ketones is 1. The molecule has 0 saturated heterocycles. The third-order valence-corrected chi connectivity index (χ3v) is 2.84. The van der Waals surface area contributed by atoms with Crippen molar-refractivity contribution < 1.29 is 14.3 Å². The van der Waals surface area contributed by atoms with Crippen LogP contribution in [0.1, 0.15) is 35.2 Å². The molecule has 19 heavy (non-hydrogen) atoms. The minimum Gasteiger partial charge on any atom is -0.469 e. The van der Waals surface area contributed by atoms with Crippen molar-refractivity contribution in [1.29, 1.82) is 0 Å². The van der Waals surface area contributed by atoms with E-state index in [1.54, 1.807) is 12.1 Å². The Hall–Kier alpha value is -1.60. The largest absolute Gasteiger partial charge is 0.469 e. The fourth-order valence-corrected chi connectivity index (χ4v) is 1.61. The summed E-state index contributed by atoms with van der Waals surface area (Å²) in [6, 6.07) is 7.09. The zero-order valence-electron chi connectivity index (χ0n) is 10.7. The van der Waals surface area contributed by atoms with Crippen LogP contribution in [0.15, 0.2) is 24.3 Å². The summed E-state index contributed by atoms with van der Waals surface area (Å²) >= 11 is 3.30. The van der Waals surface area contributed by atoms with Gasteiger partial charge in [0.1, 0.15) is 0 Å². The Labute approximate surface area is 121 Å². The number of benzene rings is 1. The van der Waals surface area contributed by atoms with Gasteiger partial charge in [0.15, 0.2) is 5.78 Å². The van der Waals surface area contributed by atoms with Crippen molar-refractivity contribution >= 4 is 27.7 Å². The lowest BCUT2D eigenvalue weighted by Gasteiger charge is -2.00. The zero-order chi connectivity index (χ0) is 14.1. The van der Waals surface area contributed by atoms with Gasteiger partial charge in [-0.3, -0.25) is 9.59 Å². The first-order chi connectivity index (χ1) is 9.17. The zero-order valence-corrected chi connectivity index (χ0v) is 12.3. The Kier molecular flexibility index (Phi) is 6.91. The van der Waals surface area contributed by atoms with E-state index in [4.69, 9.17) is 0 Å². The molecule has 0 heterocycles. The lowest BCUT2D eigenvalue weighted by atomic mass is 10.0. The van der Waals surface area contributed by atoms with Gasteiger partial charge in [-0.05, 0) is 12.1 Å². The maximum atomic E-state index is 11.8. The molecule has 0 saturated carbocycles. The number of hydrogen-bond acceptors (Lipinski definition) is 3. The molecule has 100 valence electrons. The lowest BCUT2D eigenvalue weighted by molar-refractivity contribution is -0.140. The van der Waals surface area contributed by atoms with Crippen LogP contribution in [0.25, 0.3) is 0 Å². The number of carbonyl (C=O) groups excluding carboxylic acids is 2. The number of rotatable bonds is 5. The van der Waals surface area contributed by atoms with Crippen molar-refractivity contribution in [3.63, 3.8) is 0 Å². The molecule has 1 rings (SSSR count). The number of carbonyl (C=O) groups is 2. The summed E-state index contributed by atoms with van der Waals surface area (Å²) in [5.41, 5.74) is 1.47. The van der Waals surface area contributed by atoms with Crippen molar-refractivity contribution in [2.75, 3.05) is 12.4 Å². The molecular weight excluding hydrogens is 308 g/mol. The van der Waals surface area contributed by atoms with Crippen molar-refractivity contribution in [3.8, 4) is 11.8 Å². The van der Waals surface area contributed by atoms with Crippen LogP contribution < -0.4 is 0 Å². The van der Waals surface area contributed by atoms with Gasteiger partial charge in [0.05, 0.1) is 13.5 Å². The van der Waals surface area contributed by atoms with Gasteiger partial charge in [-0.2, -0.15) is 0 Å². The maximum absolute atomic E-state index is 11.8. The number of halogens is 1. The van der Waals surface area contributed by atoms with Gasteiger partial charge in [0.25, 0.3) is 0 Å². The number of methoxy groups -OCH3 is 1. The number of Topliss-reactive ketones (excluding diaryl/α,β-unsaturated/α-hetero) is 1. The Morgan fingerprint density at radius 3 is 2.47 bits per heavy atom. The predicted octanol–water partition coefficient (Wildman–Crippen LogP) is 2.96.